The summed E-state index contributed by atoms with van der Waals surface area (Å²) in [6.07, 6.45) is 1.02. The highest BCUT2D eigenvalue weighted by molar-refractivity contribution is 7.90. The summed E-state index contributed by atoms with van der Waals surface area (Å²) in [6.45, 7) is 1.63. The van der Waals surface area contributed by atoms with Gasteiger partial charge in [0, 0.05) is 11.8 Å². The molecule has 0 bridgehead atoms. The third kappa shape index (κ3) is 4.37. The molecule has 27 heavy (non-hydrogen) atoms. The molecule has 0 atom stereocenters. The van der Waals surface area contributed by atoms with Gasteiger partial charge in [-0.2, -0.15) is 0 Å². The number of aromatic nitrogens is 1. The minimum atomic E-state index is -3.56. The number of hydrogen-bond acceptors (Lipinski definition) is 6. The molecule has 1 aromatic heterocycles. The molecule has 0 N–H and O–H groups in total. The van der Waals surface area contributed by atoms with E-state index in [1.54, 1.807) is 6.92 Å². The van der Waals surface area contributed by atoms with Gasteiger partial charge in [0.2, 0.25) is 5.89 Å². The average molecular weight is 406 g/mol. The molecule has 0 radical (unpaired) electrons. The van der Waals surface area contributed by atoms with E-state index in [0.29, 0.717) is 17.3 Å². The summed E-state index contributed by atoms with van der Waals surface area (Å²) in [7, 11) is -3.56. The molecule has 1 heterocycles. The van der Waals surface area contributed by atoms with Crippen LogP contribution in [-0.2, 0) is 21.2 Å². The lowest BCUT2D eigenvalue weighted by molar-refractivity contribution is 0.0466. The number of esters is 1. The fourth-order valence-electron chi connectivity index (χ4n) is 2.40. The van der Waals surface area contributed by atoms with Crippen molar-refractivity contribution in [2.24, 2.45) is 0 Å². The number of carbonyl (C=O) groups is 1. The number of aryl methyl sites for hydroxylation is 1. The number of hydrogen-bond donors (Lipinski definition) is 0. The molecular weight excluding hydrogens is 390 g/mol. The van der Waals surface area contributed by atoms with E-state index in [2.05, 4.69) is 4.98 Å². The second kappa shape index (κ2) is 7.54. The zero-order chi connectivity index (χ0) is 19.6. The minimum Gasteiger partial charge on any atom is -0.455 e. The number of benzene rings is 2. The van der Waals surface area contributed by atoms with Crippen molar-refractivity contribution >= 4 is 27.4 Å². The first-order chi connectivity index (χ1) is 12.8. The maximum Gasteiger partial charge on any atom is 0.338 e. The molecule has 3 aromatic rings. The Balaban J connectivity index is 1.76. The lowest BCUT2D eigenvalue weighted by Gasteiger charge is -2.06. The lowest BCUT2D eigenvalue weighted by Crippen LogP contribution is -2.08. The Kier molecular flexibility index (Phi) is 5.34. The number of carbonyl (C=O) groups excluding carboxylic acids is 1. The van der Waals surface area contributed by atoms with Gasteiger partial charge in [0.05, 0.1) is 15.5 Å². The van der Waals surface area contributed by atoms with Gasteiger partial charge in [0.15, 0.2) is 9.84 Å². The van der Waals surface area contributed by atoms with Crippen molar-refractivity contribution in [1.82, 2.24) is 4.98 Å². The van der Waals surface area contributed by atoms with E-state index in [-0.39, 0.29) is 22.1 Å². The standard InChI is InChI=1S/C19H16ClNO5S/c1-12-16(21-18(26-12)13-6-4-3-5-7-13)11-25-19(22)14-8-9-15(20)17(10-14)27(2,23)24/h3-10H,11H2,1-2H3. The van der Waals surface area contributed by atoms with E-state index in [4.69, 9.17) is 20.8 Å². The number of halogens is 1. The van der Waals surface area contributed by atoms with Crippen LogP contribution in [-0.4, -0.2) is 25.6 Å². The maximum absolute atomic E-state index is 12.3. The molecule has 0 spiro atoms. The Labute approximate surface area is 161 Å². The van der Waals surface area contributed by atoms with Crippen LogP contribution in [0.4, 0.5) is 0 Å². The molecule has 0 fully saturated rings. The number of ether oxygens (including phenoxy) is 1. The van der Waals surface area contributed by atoms with Crippen LogP contribution in [0.1, 0.15) is 21.8 Å². The quantitative estimate of drug-likeness (QED) is 0.595. The van der Waals surface area contributed by atoms with Crippen LogP contribution in [0.15, 0.2) is 57.8 Å². The average Bonchev–Trinajstić information content (AvgIpc) is 3.00. The van der Waals surface area contributed by atoms with Crippen molar-refractivity contribution in [2.75, 3.05) is 6.26 Å². The molecule has 0 unspecified atom stereocenters. The van der Waals surface area contributed by atoms with Crippen molar-refractivity contribution in [1.29, 1.82) is 0 Å². The first-order valence-corrected chi connectivity index (χ1v) is 10.2. The summed E-state index contributed by atoms with van der Waals surface area (Å²) in [4.78, 5) is 16.5. The van der Waals surface area contributed by atoms with Gasteiger partial charge >= 0.3 is 5.97 Å². The van der Waals surface area contributed by atoms with Gasteiger partial charge < -0.3 is 9.15 Å². The Morgan fingerprint density at radius 3 is 2.56 bits per heavy atom. The van der Waals surface area contributed by atoms with Crippen LogP contribution in [0.5, 0.6) is 0 Å². The van der Waals surface area contributed by atoms with Crippen molar-refractivity contribution in [3.63, 3.8) is 0 Å². The van der Waals surface area contributed by atoms with Gasteiger partial charge in [-0.05, 0) is 37.3 Å². The molecule has 0 aliphatic rings. The Morgan fingerprint density at radius 2 is 1.89 bits per heavy atom. The molecule has 0 aliphatic heterocycles. The first-order valence-electron chi connectivity index (χ1n) is 7.94. The van der Waals surface area contributed by atoms with E-state index in [1.165, 1.54) is 18.2 Å². The lowest BCUT2D eigenvalue weighted by atomic mass is 10.2. The normalized spacial score (nSPS) is 11.4. The van der Waals surface area contributed by atoms with Crippen molar-refractivity contribution in [3.8, 4) is 11.5 Å². The van der Waals surface area contributed by atoms with E-state index >= 15 is 0 Å². The van der Waals surface area contributed by atoms with Crippen LogP contribution in [0, 0.1) is 6.92 Å². The number of oxazole rings is 1. The molecule has 0 saturated heterocycles. The fourth-order valence-corrected chi connectivity index (χ4v) is 3.70. The Morgan fingerprint density at radius 1 is 1.19 bits per heavy atom. The van der Waals surface area contributed by atoms with Crippen LogP contribution in [0.3, 0.4) is 0 Å². The van der Waals surface area contributed by atoms with Gasteiger partial charge in [-0.3, -0.25) is 0 Å². The second-order valence-corrected chi connectivity index (χ2v) is 8.27. The molecule has 0 amide bonds. The number of nitrogens with zero attached hydrogens (tertiary/aromatic N) is 1. The molecule has 3 rings (SSSR count). The van der Waals surface area contributed by atoms with Crippen LogP contribution in [0.2, 0.25) is 5.02 Å². The summed E-state index contributed by atoms with van der Waals surface area (Å²) >= 11 is 5.89. The largest absolute Gasteiger partial charge is 0.455 e. The van der Waals surface area contributed by atoms with E-state index in [9.17, 15) is 13.2 Å². The highest BCUT2D eigenvalue weighted by atomic mass is 35.5. The third-order valence-electron chi connectivity index (χ3n) is 3.82. The zero-order valence-corrected chi connectivity index (χ0v) is 16.2. The van der Waals surface area contributed by atoms with Crippen molar-refractivity contribution < 1.29 is 22.4 Å². The van der Waals surface area contributed by atoms with E-state index in [1.807, 2.05) is 30.3 Å². The van der Waals surface area contributed by atoms with Crippen LogP contribution in [0.25, 0.3) is 11.5 Å². The Bertz CT molecular complexity index is 1090. The number of rotatable bonds is 5. The van der Waals surface area contributed by atoms with Gasteiger partial charge in [-0.25, -0.2) is 18.2 Å². The van der Waals surface area contributed by atoms with Gasteiger partial charge in [-0.15, -0.1) is 0 Å². The summed E-state index contributed by atoms with van der Waals surface area (Å²) in [5.74, 6) is 0.291. The highest BCUT2D eigenvalue weighted by Gasteiger charge is 2.18. The molecular formula is C19H16ClNO5S. The summed E-state index contributed by atoms with van der Waals surface area (Å²) in [6, 6.07) is 13.3. The molecule has 8 heteroatoms. The summed E-state index contributed by atoms with van der Waals surface area (Å²) in [5, 5.41) is 0.0499. The van der Waals surface area contributed by atoms with E-state index in [0.717, 1.165) is 11.8 Å². The Hall–Kier alpha value is -2.64. The van der Waals surface area contributed by atoms with Gasteiger partial charge in [0.25, 0.3) is 0 Å². The zero-order valence-electron chi connectivity index (χ0n) is 14.6. The maximum atomic E-state index is 12.3. The fraction of sp³-hybridized carbons (Fsp3) is 0.158. The third-order valence-corrected chi connectivity index (χ3v) is 5.40. The van der Waals surface area contributed by atoms with E-state index < -0.39 is 15.8 Å². The molecule has 0 saturated carbocycles. The highest BCUT2D eigenvalue weighted by Crippen LogP contribution is 2.24. The van der Waals surface area contributed by atoms with Crippen molar-refractivity contribution in [3.05, 3.63) is 70.6 Å². The molecule has 2 aromatic carbocycles. The van der Waals surface area contributed by atoms with Crippen LogP contribution >= 0.6 is 11.6 Å². The smallest absolute Gasteiger partial charge is 0.338 e. The predicted octanol–water partition coefficient (Wildman–Crippen LogP) is 4.06. The van der Waals surface area contributed by atoms with Gasteiger partial charge in [0.1, 0.15) is 18.1 Å². The second-order valence-electron chi connectivity index (χ2n) is 5.88. The predicted molar refractivity (Wildman–Crippen MR) is 100 cm³/mol. The monoisotopic (exact) mass is 405 g/mol. The number of sulfone groups is 1. The summed E-state index contributed by atoms with van der Waals surface area (Å²) in [5.41, 5.74) is 1.39. The SMILES string of the molecule is Cc1oc(-c2ccccc2)nc1COC(=O)c1ccc(Cl)c(S(C)(=O)=O)c1. The van der Waals surface area contributed by atoms with Crippen LogP contribution < -0.4 is 0 Å². The first kappa shape index (κ1) is 19.1. The minimum absolute atomic E-state index is 0.0499. The molecule has 140 valence electrons. The molecule has 6 nitrogen and oxygen atoms in total. The van der Waals surface area contributed by atoms with Gasteiger partial charge in [-0.1, -0.05) is 29.8 Å². The summed E-state index contributed by atoms with van der Waals surface area (Å²) < 4.78 is 34.3. The molecule has 0 aliphatic carbocycles. The van der Waals surface area contributed by atoms with Crippen molar-refractivity contribution in [2.45, 2.75) is 18.4 Å². The topological polar surface area (TPSA) is 86.5 Å².